The Bertz CT molecular complexity index is 696. The first-order valence-electron chi connectivity index (χ1n) is 14.0. The summed E-state index contributed by atoms with van der Waals surface area (Å²) in [6.45, 7) is 4.38. The molecule has 0 bridgehead atoms. The maximum atomic E-state index is 12.6. The highest BCUT2D eigenvalue weighted by Crippen LogP contribution is 2.32. The largest absolute Gasteiger partial charge is 0.461 e. The molecule has 1 aliphatic heterocycles. The Kier molecular flexibility index (Phi) is 16.5. The second kappa shape index (κ2) is 18.1. The summed E-state index contributed by atoms with van der Waals surface area (Å²) < 4.78 is 34.0. The maximum absolute atomic E-state index is 12.6. The average Bonchev–Trinajstić information content (AvgIpc) is 2.80. The minimum atomic E-state index is -3.20. The first-order chi connectivity index (χ1) is 16.7. The number of hydrogen-bond acceptors (Lipinski definition) is 7. The van der Waals surface area contributed by atoms with Crippen molar-refractivity contribution in [2.24, 2.45) is 11.7 Å². The minimum Gasteiger partial charge on any atom is -0.461 e. The van der Waals surface area contributed by atoms with Crippen molar-refractivity contribution < 1.29 is 27.5 Å². The second-order valence-electron chi connectivity index (χ2n) is 10.4. The third-order valence-corrected chi connectivity index (χ3v) is 7.88. The fourth-order valence-corrected chi connectivity index (χ4v) is 5.26. The van der Waals surface area contributed by atoms with E-state index in [-0.39, 0.29) is 36.3 Å². The summed E-state index contributed by atoms with van der Waals surface area (Å²) in [5, 5.41) is 0. The molecule has 0 spiro atoms. The van der Waals surface area contributed by atoms with Gasteiger partial charge in [-0.3, -0.25) is 9.59 Å². The maximum Gasteiger partial charge on any atom is 0.323 e. The Labute approximate surface area is 214 Å². The van der Waals surface area contributed by atoms with Gasteiger partial charge in [0, 0.05) is 12.7 Å². The van der Waals surface area contributed by atoms with E-state index in [9.17, 15) is 18.0 Å². The van der Waals surface area contributed by atoms with E-state index < -0.39 is 21.8 Å². The molecule has 0 amide bonds. The second-order valence-corrected chi connectivity index (χ2v) is 12.6. The predicted molar refractivity (Wildman–Crippen MR) is 141 cm³/mol. The summed E-state index contributed by atoms with van der Waals surface area (Å²) in [6.07, 6.45) is 17.9. The van der Waals surface area contributed by atoms with Gasteiger partial charge in [-0.05, 0) is 25.7 Å². The van der Waals surface area contributed by atoms with Crippen LogP contribution in [0.4, 0.5) is 0 Å². The average molecular weight is 518 g/mol. The lowest BCUT2D eigenvalue weighted by atomic mass is 9.86. The van der Waals surface area contributed by atoms with Gasteiger partial charge >= 0.3 is 11.9 Å². The number of unbranched alkanes of at least 4 members (excludes halogenated alkanes) is 11. The van der Waals surface area contributed by atoms with Crippen LogP contribution < -0.4 is 5.73 Å². The molecule has 1 rings (SSSR count). The lowest BCUT2D eigenvalue weighted by Crippen LogP contribution is -2.47. The molecule has 8 heteroatoms. The molecule has 0 radical (unpaired) electrons. The highest BCUT2D eigenvalue weighted by Gasteiger charge is 2.43. The van der Waals surface area contributed by atoms with Crippen LogP contribution in [0.2, 0.25) is 0 Å². The first kappa shape index (κ1) is 31.9. The molecule has 7 nitrogen and oxygen atoms in total. The predicted octanol–water partition coefficient (Wildman–Crippen LogP) is 5.48. The molecule has 0 unspecified atom stereocenters. The number of carbonyl (C=O) groups is 2. The summed E-state index contributed by atoms with van der Waals surface area (Å²) in [4.78, 5) is 24.6. The molecule has 4 atom stereocenters. The van der Waals surface area contributed by atoms with Crippen LogP contribution in [0.15, 0.2) is 0 Å². The zero-order valence-electron chi connectivity index (χ0n) is 22.5. The van der Waals surface area contributed by atoms with E-state index >= 15 is 0 Å². The molecule has 206 valence electrons. The Morgan fingerprint density at radius 1 is 0.914 bits per heavy atom. The molecule has 1 saturated heterocycles. The molecule has 1 aliphatic rings. The van der Waals surface area contributed by atoms with Crippen molar-refractivity contribution in [2.45, 2.75) is 141 Å². The minimum absolute atomic E-state index is 0.0425. The number of ether oxygens (including phenoxy) is 2. The normalized spacial score (nSPS) is 19.6. The van der Waals surface area contributed by atoms with Crippen LogP contribution in [0.1, 0.15) is 123 Å². The van der Waals surface area contributed by atoms with Gasteiger partial charge in [0.05, 0.1) is 11.7 Å². The van der Waals surface area contributed by atoms with Crippen LogP contribution in [-0.4, -0.2) is 50.6 Å². The van der Waals surface area contributed by atoms with Gasteiger partial charge in [-0.25, -0.2) is 8.42 Å². The third kappa shape index (κ3) is 14.9. The standard InChI is InChI=1S/C27H51NO6S/c1-4-6-8-10-11-12-13-14-15-17-22(33-27(30)24(28)19-20-35(3,31)32)21-25-23(26(29)34-25)18-16-9-7-5-2/h22-25H,4-21,28H2,1-3H3/t22-,23-,24-,25-/m0/s1. The van der Waals surface area contributed by atoms with Gasteiger partial charge in [-0.2, -0.15) is 0 Å². The highest BCUT2D eigenvalue weighted by atomic mass is 32.2. The Balaban J connectivity index is 2.53. The smallest absolute Gasteiger partial charge is 0.323 e. The number of sulfone groups is 1. The Morgan fingerprint density at radius 3 is 2.00 bits per heavy atom. The Hall–Kier alpha value is -1.15. The van der Waals surface area contributed by atoms with Crippen LogP contribution in [0, 0.1) is 5.92 Å². The van der Waals surface area contributed by atoms with Gasteiger partial charge < -0.3 is 15.2 Å². The van der Waals surface area contributed by atoms with Gasteiger partial charge in [0.2, 0.25) is 0 Å². The lowest BCUT2D eigenvalue weighted by Gasteiger charge is -2.37. The van der Waals surface area contributed by atoms with E-state index in [4.69, 9.17) is 15.2 Å². The number of cyclic esters (lactones) is 1. The lowest BCUT2D eigenvalue weighted by molar-refractivity contribution is -0.190. The van der Waals surface area contributed by atoms with E-state index in [1.807, 2.05) is 0 Å². The zero-order chi connectivity index (χ0) is 26.1. The molecule has 1 heterocycles. The molecule has 0 aromatic rings. The van der Waals surface area contributed by atoms with Gasteiger partial charge in [0.15, 0.2) is 0 Å². The molecule has 0 aromatic heterocycles. The van der Waals surface area contributed by atoms with Crippen LogP contribution in [-0.2, 0) is 28.9 Å². The summed E-state index contributed by atoms with van der Waals surface area (Å²) in [5.74, 6) is -0.981. The zero-order valence-corrected chi connectivity index (χ0v) is 23.3. The van der Waals surface area contributed by atoms with Crippen LogP contribution >= 0.6 is 0 Å². The third-order valence-electron chi connectivity index (χ3n) is 6.90. The van der Waals surface area contributed by atoms with Crippen molar-refractivity contribution in [3.63, 3.8) is 0 Å². The molecule has 0 aliphatic carbocycles. The van der Waals surface area contributed by atoms with E-state index in [0.717, 1.165) is 51.2 Å². The van der Waals surface area contributed by atoms with Gasteiger partial charge in [-0.1, -0.05) is 90.9 Å². The van der Waals surface area contributed by atoms with Crippen LogP contribution in [0.5, 0.6) is 0 Å². The molecule has 2 N–H and O–H groups in total. The quantitative estimate of drug-likeness (QED) is 0.149. The fraction of sp³-hybridized carbons (Fsp3) is 0.926. The number of rotatable bonds is 22. The first-order valence-corrected chi connectivity index (χ1v) is 16.1. The van der Waals surface area contributed by atoms with E-state index in [2.05, 4.69) is 13.8 Å². The SMILES string of the molecule is CCCCCCCCCCC[C@@H](C[C@@H]1OC(=O)[C@H]1CCCCCC)OC(=O)[C@@H](N)CCS(C)(=O)=O. The monoisotopic (exact) mass is 517 g/mol. The molecule has 1 fully saturated rings. The van der Waals surface area contributed by atoms with Crippen LogP contribution in [0.3, 0.4) is 0 Å². The topological polar surface area (TPSA) is 113 Å². The van der Waals surface area contributed by atoms with Crippen molar-refractivity contribution in [3.8, 4) is 0 Å². The fourth-order valence-electron chi connectivity index (χ4n) is 4.58. The molecule has 0 saturated carbocycles. The molecule has 35 heavy (non-hydrogen) atoms. The Morgan fingerprint density at radius 2 is 1.46 bits per heavy atom. The van der Waals surface area contributed by atoms with E-state index in [1.165, 1.54) is 44.9 Å². The van der Waals surface area contributed by atoms with Crippen molar-refractivity contribution in [1.82, 2.24) is 0 Å². The molecular formula is C27H51NO6S. The van der Waals surface area contributed by atoms with Crippen molar-refractivity contribution >= 4 is 21.8 Å². The number of hydrogen-bond donors (Lipinski definition) is 1. The number of esters is 2. The van der Waals surface area contributed by atoms with Crippen molar-refractivity contribution in [2.75, 3.05) is 12.0 Å². The summed E-state index contributed by atoms with van der Waals surface area (Å²) in [5.41, 5.74) is 5.91. The van der Waals surface area contributed by atoms with Crippen molar-refractivity contribution in [3.05, 3.63) is 0 Å². The number of nitrogens with two attached hydrogens (primary N) is 1. The van der Waals surface area contributed by atoms with Crippen molar-refractivity contribution in [1.29, 1.82) is 0 Å². The van der Waals surface area contributed by atoms with Gasteiger partial charge in [0.25, 0.3) is 0 Å². The van der Waals surface area contributed by atoms with Gasteiger partial charge in [0.1, 0.15) is 28.1 Å². The molecular weight excluding hydrogens is 466 g/mol. The summed E-state index contributed by atoms with van der Waals surface area (Å²) in [7, 11) is -3.20. The highest BCUT2D eigenvalue weighted by molar-refractivity contribution is 7.90. The number of carbonyl (C=O) groups excluding carboxylic acids is 2. The summed E-state index contributed by atoms with van der Waals surface area (Å²) >= 11 is 0. The van der Waals surface area contributed by atoms with E-state index in [0.29, 0.717) is 12.8 Å². The van der Waals surface area contributed by atoms with Gasteiger partial charge in [-0.15, -0.1) is 0 Å². The summed E-state index contributed by atoms with van der Waals surface area (Å²) in [6, 6.07) is -0.968. The molecule has 0 aromatic carbocycles. The van der Waals surface area contributed by atoms with Crippen LogP contribution in [0.25, 0.3) is 0 Å². The van der Waals surface area contributed by atoms with E-state index in [1.54, 1.807) is 0 Å².